The molecule has 96 valence electrons. The number of benzene rings is 2. The highest BCUT2D eigenvalue weighted by molar-refractivity contribution is 9.10. The van der Waals surface area contributed by atoms with Gasteiger partial charge >= 0.3 is 0 Å². The summed E-state index contributed by atoms with van der Waals surface area (Å²) in [5.74, 6) is -0.312. The summed E-state index contributed by atoms with van der Waals surface area (Å²) < 4.78 is 20.2. The van der Waals surface area contributed by atoms with Crippen molar-refractivity contribution in [2.45, 2.75) is 0 Å². The third kappa shape index (κ3) is 3.08. The molecule has 2 aromatic carbocycles. The van der Waals surface area contributed by atoms with Gasteiger partial charge in [0.15, 0.2) is 11.6 Å². The Kier molecular flexibility index (Phi) is 4.46. The maximum absolute atomic E-state index is 14.0. The van der Waals surface area contributed by atoms with E-state index in [1.54, 1.807) is 18.2 Å². The molecule has 0 spiro atoms. The van der Waals surface area contributed by atoms with Crippen LogP contribution in [0, 0.1) is 17.1 Å². The van der Waals surface area contributed by atoms with Gasteiger partial charge in [-0.1, -0.05) is 27.5 Å². The average Bonchev–Trinajstić information content (AvgIpc) is 2.38. The molecule has 0 unspecified atom stereocenters. The van der Waals surface area contributed by atoms with Crippen LogP contribution in [0.2, 0.25) is 5.02 Å². The smallest absolute Gasteiger partial charge is 0.181 e. The first kappa shape index (κ1) is 14.3. The van der Waals surface area contributed by atoms with Gasteiger partial charge in [-0.2, -0.15) is 5.26 Å². The first-order valence-corrected chi connectivity index (χ1v) is 7.00. The number of halogens is 4. The Labute approximate surface area is 131 Å². The zero-order valence-electron chi connectivity index (χ0n) is 9.25. The molecule has 0 saturated heterocycles. The monoisotopic (exact) mass is 403 g/mol. The van der Waals surface area contributed by atoms with Gasteiger partial charge in [-0.3, -0.25) is 0 Å². The van der Waals surface area contributed by atoms with Gasteiger partial charge in [0.1, 0.15) is 11.8 Å². The fourth-order valence-corrected chi connectivity index (χ4v) is 2.50. The molecule has 2 rings (SSSR count). The van der Waals surface area contributed by atoms with Crippen molar-refractivity contribution in [1.82, 2.24) is 0 Å². The summed E-state index contributed by atoms with van der Waals surface area (Å²) in [5.41, 5.74) is 0.201. The lowest BCUT2D eigenvalue weighted by Crippen LogP contribution is -1.92. The third-order valence-corrected chi connectivity index (χ3v) is 3.85. The Morgan fingerprint density at radius 3 is 2.47 bits per heavy atom. The van der Waals surface area contributed by atoms with Gasteiger partial charge in [-0.25, -0.2) is 4.39 Å². The van der Waals surface area contributed by atoms with Gasteiger partial charge in [0, 0.05) is 4.47 Å². The molecule has 0 saturated carbocycles. The summed E-state index contributed by atoms with van der Waals surface area (Å²) in [5, 5.41) is 9.14. The number of hydrogen-bond donors (Lipinski definition) is 0. The largest absolute Gasteiger partial charge is 0.453 e. The topological polar surface area (TPSA) is 33.0 Å². The van der Waals surface area contributed by atoms with Crippen LogP contribution in [0.1, 0.15) is 5.56 Å². The third-order valence-electron chi connectivity index (χ3n) is 2.28. The second-order valence-corrected chi connectivity index (χ2v) is 5.64. The Bertz CT molecular complexity index is 685. The van der Waals surface area contributed by atoms with E-state index in [4.69, 9.17) is 21.6 Å². The van der Waals surface area contributed by atoms with Crippen LogP contribution in [-0.4, -0.2) is 0 Å². The van der Waals surface area contributed by atoms with Crippen molar-refractivity contribution in [3.8, 4) is 17.6 Å². The van der Waals surface area contributed by atoms with Crippen LogP contribution in [0.5, 0.6) is 11.5 Å². The Hall–Kier alpha value is -1.09. The van der Waals surface area contributed by atoms with E-state index in [-0.39, 0.29) is 15.8 Å². The van der Waals surface area contributed by atoms with Crippen molar-refractivity contribution in [2.24, 2.45) is 0 Å². The molecular formula is C13H5Br2ClFNO. The molecule has 0 aliphatic carbocycles. The lowest BCUT2D eigenvalue weighted by Gasteiger charge is -2.10. The van der Waals surface area contributed by atoms with Crippen LogP contribution in [0.25, 0.3) is 0 Å². The molecular weight excluding hydrogens is 400 g/mol. The zero-order valence-corrected chi connectivity index (χ0v) is 13.2. The molecule has 2 nitrogen and oxygen atoms in total. The van der Waals surface area contributed by atoms with Crippen LogP contribution in [0.4, 0.5) is 4.39 Å². The molecule has 0 bridgehead atoms. The van der Waals surface area contributed by atoms with E-state index in [9.17, 15) is 4.39 Å². The highest BCUT2D eigenvalue weighted by Crippen LogP contribution is 2.35. The van der Waals surface area contributed by atoms with Gasteiger partial charge in [0.25, 0.3) is 0 Å². The molecule has 0 aromatic heterocycles. The van der Waals surface area contributed by atoms with E-state index in [1.807, 2.05) is 6.07 Å². The van der Waals surface area contributed by atoms with Gasteiger partial charge in [0.05, 0.1) is 15.1 Å². The fourth-order valence-electron chi connectivity index (χ4n) is 1.37. The second-order valence-electron chi connectivity index (χ2n) is 3.53. The van der Waals surface area contributed by atoms with Crippen molar-refractivity contribution in [2.75, 3.05) is 0 Å². The van der Waals surface area contributed by atoms with Crippen LogP contribution in [0.3, 0.4) is 0 Å². The number of rotatable bonds is 2. The quantitative estimate of drug-likeness (QED) is 0.645. The van der Waals surface area contributed by atoms with Gasteiger partial charge in [-0.15, -0.1) is 0 Å². The first-order valence-electron chi connectivity index (χ1n) is 5.04. The number of nitriles is 1. The van der Waals surface area contributed by atoms with Crippen molar-refractivity contribution in [1.29, 1.82) is 5.26 Å². The van der Waals surface area contributed by atoms with Crippen LogP contribution >= 0.6 is 43.5 Å². The number of hydrogen-bond acceptors (Lipinski definition) is 2. The van der Waals surface area contributed by atoms with Crippen LogP contribution in [-0.2, 0) is 0 Å². The minimum absolute atomic E-state index is 0.00454. The van der Waals surface area contributed by atoms with Crippen molar-refractivity contribution in [3.05, 3.63) is 55.7 Å². The molecule has 2 aromatic rings. The summed E-state index contributed by atoms with van der Waals surface area (Å²) in [7, 11) is 0. The molecule has 0 radical (unpaired) electrons. The van der Waals surface area contributed by atoms with Gasteiger partial charge in [-0.05, 0) is 46.3 Å². The Balaban J connectivity index is 2.39. The van der Waals surface area contributed by atoms with Crippen LogP contribution < -0.4 is 4.74 Å². The minimum Gasteiger partial charge on any atom is -0.453 e. The molecule has 19 heavy (non-hydrogen) atoms. The van der Waals surface area contributed by atoms with Gasteiger partial charge in [0.2, 0.25) is 0 Å². The van der Waals surface area contributed by atoms with Crippen LogP contribution in [0.15, 0.2) is 39.3 Å². The highest BCUT2D eigenvalue weighted by atomic mass is 79.9. The fraction of sp³-hybridized carbons (Fsp3) is 0. The molecule has 0 aliphatic heterocycles. The maximum atomic E-state index is 14.0. The molecule has 0 fully saturated rings. The van der Waals surface area contributed by atoms with Gasteiger partial charge < -0.3 is 4.74 Å². The molecule has 0 amide bonds. The highest BCUT2D eigenvalue weighted by Gasteiger charge is 2.14. The number of nitrogens with zero attached hydrogens (tertiary/aromatic N) is 1. The van der Waals surface area contributed by atoms with E-state index in [0.717, 1.165) is 4.47 Å². The van der Waals surface area contributed by atoms with Crippen molar-refractivity contribution in [3.63, 3.8) is 0 Å². The summed E-state index contributed by atoms with van der Waals surface area (Å²) in [6.07, 6.45) is 0. The average molecular weight is 405 g/mol. The summed E-state index contributed by atoms with van der Waals surface area (Å²) in [6.45, 7) is 0. The van der Waals surface area contributed by atoms with E-state index in [2.05, 4.69) is 31.9 Å². The SMILES string of the molecule is N#Cc1ccc(Oc2ccc(Br)cc2Cl)c(F)c1Br. The van der Waals surface area contributed by atoms with E-state index >= 15 is 0 Å². The predicted octanol–water partition coefficient (Wildman–Crippen LogP) is 5.67. The van der Waals surface area contributed by atoms with E-state index < -0.39 is 5.82 Å². The normalized spacial score (nSPS) is 10.1. The summed E-state index contributed by atoms with van der Waals surface area (Å²) in [6, 6.07) is 9.73. The Morgan fingerprint density at radius 1 is 1.16 bits per heavy atom. The van der Waals surface area contributed by atoms with E-state index in [1.165, 1.54) is 12.1 Å². The molecule has 6 heteroatoms. The second kappa shape index (κ2) is 5.91. The Morgan fingerprint density at radius 2 is 1.84 bits per heavy atom. The predicted molar refractivity (Wildman–Crippen MR) is 78.0 cm³/mol. The van der Waals surface area contributed by atoms with Crippen molar-refractivity contribution < 1.29 is 9.13 Å². The molecule has 0 heterocycles. The summed E-state index contributed by atoms with van der Waals surface area (Å²) in [4.78, 5) is 0. The van der Waals surface area contributed by atoms with Crippen molar-refractivity contribution >= 4 is 43.5 Å². The summed E-state index contributed by atoms with van der Waals surface area (Å²) >= 11 is 12.3. The zero-order chi connectivity index (χ0) is 14.0. The lowest BCUT2D eigenvalue weighted by molar-refractivity contribution is 0.440. The standard InChI is InChI=1S/C13H5Br2ClFNO/c14-8-2-4-10(9(16)5-8)19-11-3-1-7(6-18)12(15)13(11)17/h1-5H. The first-order chi connectivity index (χ1) is 9.02. The molecule has 0 N–H and O–H groups in total. The maximum Gasteiger partial charge on any atom is 0.181 e. The van der Waals surface area contributed by atoms with E-state index in [0.29, 0.717) is 10.8 Å². The number of ether oxygens (including phenoxy) is 1. The minimum atomic E-state index is -0.641. The molecule has 0 aliphatic rings. The molecule has 0 atom stereocenters. The lowest BCUT2D eigenvalue weighted by atomic mass is 10.2.